The van der Waals surface area contributed by atoms with E-state index in [2.05, 4.69) is 9.71 Å². The van der Waals surface area contributed by atoms with E-state index in [9.17, 15) is 16.8 Å². The van der Waals surface area contributed by atoms with Crippen molar-refractivity contribution in [1.82, 2.24) is 4.98 Å². The lowest BCUT2D eigenvalue weighted by atomic mass is 10.1. The van der Waals surface area contributed by atoms with Crippen LogP contribution in [0.2, 0.25) is 0 Å². The molecule has 3 N–H and O–H groups in total. The SMILES string of the molecule is COc1cncc(-c2cccc(S(=O)(=O)Nc3ccccc3S(N)(=O)=O)c2)c1. The number of benzene rings is 2. The van der Waals surface area contributed by atoms with Gasteiger partial charge in [0.2, 0.25) is 10.0 Å². The number of sulfonamides is 2. The monoisotopic (exact) mass is 419 g/mol. The number of hydrogen-bond donors (Lipinski definition) is 2. The van der Waals surface area contributed by atoms with Gasteiger partial charge in [-0.15, -0.1) is 0 Å². The highest BCUT2D eigenvalue weighted by Crippen LogP contribution is 2.27. The van der Waals surface area contributed by atoms with E-state index in [1.807, 2.05) is 0 Å². The molecule has 3 rings (SSSR count). The Hall–Kier alpha value is -2.95. The number of nitrogens with zero attached hydrogens (tertiary/aromatic N) is 1. The predicted octanol–water partition coefficient (Wildman–Crippen LogP) is 2.21. The molecule has 0 unspecified atom stereocenters. The standard InChI is InChI=1S/C18H17N3O5S2/c1-26-15-9-14(11-20-12-15)13-5-4-6-16(10-13)28(24,25)21-17-7-2-3-8-18(17)27(19,22)23/h2-12,21H,1H3,(H2,19,22,23). The third-order valence-electron chi connectivity index (χ3n) is 3.86. The van der Waals surface area contributed by atoms with Gasteiger partial charge in [0.15, 0.2) is 0 Å². The van der Waals surface area contributed by atoms with Gasteiger partial charge in [-0.2, -0.15) is 0 Å². The van der Waals surface area contributed by atoms with Crippen molar-refractivity contribution in [2.75, 3.05) is 11.8 Å². The van der Waals surface area contributed by atoms with Crippen molar-refractivity contribution in [1.29, 1.82) is 0 Å². The predicted molar refractivity (Wildman–Crippen MR) is 105 cm³/mol. The van der Waals surface area contributed by atoms with Gasteiger partial charge in [-0.05, 0) is 35.9 Å². The maximum absolute atomic E-state index is 12.8. The Balaban J connectivity index is 2.00. The molecule has 3 aromatic rings. The first-order valence-electron chi connectivity index (χ1n) is 7.95. The Labute approximate surface area is 163 Å². The van der Waals surface area contributed by atoms with E-state index in [0.717, 1.165) is 0 Å². The van der Waals surface area contributed by atoms with Gasteiger partial charge in [-0.1, -0.05) is 24.3 Å². The van der Waals surface area contributed by atoms with Crippen LogP contribution in [-0.4, -0.2) is 28.9 Å². The summed E-state index contributed by atoms with van der Waals surface area (Å²) in [4.78, 5) is 3.70. The Morgan fingerprint density at radius 2 is 1.68 bits per heavy atom. The van der Waals surface area contributed by atoms with Gasteiger partial charge < -0.3 is 4.74 Å². The summed E-state index contributed by atoms with van der Waals surface area (Å²) in [6, 6.07) is 13.4. The molecule has 0 amide bonds. The van der Waals surface area contributed by atoms with Crippen LogP contribution in [0, 0.1) is 0 Å². The highest BCUT2D eigenvalue weighted by molar-refractivity contribution is 7.93. The van der Waals surface area contributed by atoms with E-state index in [0.29, 0.717) is 16.9 Å². The molecule has 0 bridgehead atoms. The van der Waals surface area contributed by atoms with E-state index in [-0.39, 0.29) is 15.5 Å². The highest BCUT2D eigenvalue weighted by Gasteiger charge is 2.20. The zero-order valence-electron chi connectivity index (χ0n) is 14.7. The van der Waals surface area contributed by atoms with E-state index in [1.165, 1.54) is 49.7 Å². The molecule has 2 aromatic carbocycles. The van der Waals surface area contributed by atoms with E-state index < -0.39 is 20.0 Å². The van der Waals surface area contributed by atoms with Crippen LogP contribution in [0.4, 0.5) is 5.69 Å². The van der Waals surface area contributed by atoms with Gasteiger partial charge in [0, 0.05) is 11.8 Å². The molecular formula is C18H17N3O5S2. The second-order valence-corrected chi connectivity index (χ2v) is 9.00. The average molecular weight is 419 g/mol. The van der Waals surface area contributed by atoms with Crippen molar-refractivity contribution in [2.45, 2.75) is 9.79 Å². The minimum atomic E-state index is -4.10. The first kappa shape index (κ1) is 19.8. The molecule has 0 aliphatic rings. The summed E-state index contributed by atoms with van der Waals surface area (Å²) in [6.07, 6.45) is 3.12. The quantitative estimate of drug-likeness (QED) is 0.630. The van der Waals surface area contributed by atoms with Gasteiger partial charge in [0.25, 0.3) is 10.0 Å². The topological polar surface area (TPSA) is 128 Å². The molecule has 0 atom stereocenters. The molecule has 1 aromatic heterocycles. The second-order valence-electron chi connectivity index (χ2n) is 5.79. The molecule has 0 aliphatic carbocycles. The number of methoxy groups -OCH3 is 1. The first-order chi connectivity index (χ1) is 13.2. The number of pyridine rings is 1. The van der Waals surface area contributed by atoms with Crippen LogP contribution in [-0.2, 0) is 20.0 Å². The summed E-state index contributed by atoms with van der Waals surface area (Å²) in [5.41, 5.74) is 1.15. The highest BCUT2D eigenvalue weighted by atomic mass is 32.2. The number of nitrogens with two attached hydrogens (primary N) is 1. The molecular weight excluding hydrogens is 402 g/mol. The van der Waals surface area contributed by atoms with E-state index >= 15 is 0 Å². The van der Waals surface area contributed by atoms with Crippen LogP contribution < -0.4 is 14.6 Å². The Kier molecular flexibility index (Phi) is 5.36. The molecule has 0 spiro atoms. The third-order valence-corrected chi connectivity index (χ3v) is 6.20. The van der Waals surface area contributed by atoms with Crippen LogP contribution in [0.3, 0.4) is 0 Å². The number of ether oxygens (including phenoxy) is 1. The number of para-hydroxylation sites is 1. The average Bonchev–Trinajstić information content (AvgIpc) is 2.67. The Bertz CT molecular complexity index is 1230. The maximum atomic E-state index is 12.8. The van der Waals surface area contributed by atoms with Crippen molar-refractivity contribution in [3.8, 4) is 16.9 Å². The fourth-order valence-corrected chi connectivity index (χ4v) is 4.42. The minimum Gasteiger partial charge on any atom is -0.495 e. The molecule has 0 saturated heterocycles. The summed E-state index contributed by atoms with van der Waals surface area (Å²) < 4.78 is 56.4. The number of nitrogens with one attached hydrogen (secondary N) is 1. The van der Waals surface area contributed by atoms with Crippen molar-refractivity contribution in [2.24, 2.45) is 5.14 Å². The van der Waals surface area contributed by atoms with Crippen molar-refractivity contribution >= 4 is 25.7 Å². The van der Waals surface area contributed by atoms with Gasteiger partial charge in [-0.25, -0.2) is 22.0 Å². The molecule has 0 saturated carbocycles. The summed E-state index contributed by atoms with van der Waals surface area (Å²) in [5, 5.41) is 5.16. The molecule has 0 fully saturated rings. The van der Waals surface area contributed by atoms with E-state index in [1.54, 1.807) is 24.4 Å². The number of hydrogen-bond acceptors (Lipinski definition) is 6. The molecule has 28 heavy (non-hydrogen) atoms. The van der Waals surface area contributed by atoms with Crippen LogP contribution in [0.5, 0.6) is 5.75 Å². The first-order valence-corrected chi connectivity index (χ1v) is 11.0. The maximum Gasteiger partial charge on any atom is 0.261 e. The van der Waals surface area contributed by atoms with Gasteiger partial charge >= 0.3 is 0 Å². The molecule has 146 valence electrons. The Morgan fingerprint density at radius 1 is 0.929 bits per heavy atom. The molecule has 0 radical (unpaired) electrons. The fourth-order valence-electron chi connectivity index (χ4n) is 2.53. The lowest BCUT2D eigenvalue weighted by Gasteiger charge is -2.12. The Morgan fingerprint density at radius 3 is 2.39 bits per heavy atom. The lowest BCUT2D eigenvalue weighted by molar-refractivity contribution is 0.413. The van der Waals surface area contributed by atoms with Crippen LogP contribution in [0.15, 0.2) is 76.8 Å². The number of anilines is 1. The summed E-state index contributed by atoms with van der Waals surface area (Å²) >= 11 is 0. The summed E-state index contributed by atoms with van der Waals surface area (Å²) in [6.45, 7) is 0. The summed E-state index contributed by atoms with van der Waals surface area (Å²) in [5.74, 6) is 0.533. The molecule has 0 aliphatic heterocycles. The van der Waals surface area contributed by atoms with Crippen molar-refractivity contribution in [3.63, 3.8) is 0 Å². The van der Waals surface area contributed by atoms with Gasteiger partial charge in [0.05, 0.1) is 23.9 Å². The number of primary sulfonamides is 1. The van der Waals surface area contributed by atoms with Crippen LogP contribution in [0.25, 0.3) is 11.1 Å². The van der Waals surface area contributed by atoms with Crippen LogP contribution in [0.1, 0.15) is 0 Å². The smallest absolute Gasteiger partial charge is 0.261 e. The summed E-state index contributed by atoms with van der Waals surface area (Å²) in [7, 11) is -6.65. The van der Waals surface area contributed by atoms with Gasteiger partial charge in [0.1, 0.15) is 10.6 Å². The molecule has 1 heterocycles. The minimum absolute atomic E-state index is 0.0444. The number of rotatable bonds is 6. The second kappa shape index (κ2) is 7.58. The number of aromatic nitrogens is 1. The fraction of sp³-hybridized carbons (Fsp3) is 0.0556. The zero-order chi connectivity index (χ0) is 20.4. The van der Waals surface area contributed by atoms with Crippen molar-refractivity contribution < 1.29 is 21.6 Å². The largest absolute Gasteiger partial charge is 0.495 e. The van der Waals surface area contributed by atoms with Crippen molar-refractivity contribution in [3.05, 3.63) is 67.0 Å². The van der Waals surface area contributed by atoms with Gasteiger partial charge in [-0.3, -0.25) is 9.71 Å². The third kappa shape index (κ3) is 4.30. The lowest BCUT2D eigenvalue weighted by Crippen LogP contribution is -2.18. The van der Waals surface area contributed by atoms with Crippen LogP contribution >= 0.6 is 0 Å². The molecule has 8 nitrogen and oxygen atoms in total. The van der Waals surface area contributed by atoms with E-state index in [4.69, 9.17) is 9.88 Å². The normalized spacial score (nSPS) is 11.8. The molecule has 10 heteroatoms. The zero-order valence-corrected chi connectivity index (χ0v) is 16.4.